The van der Waals surface area contributed by atoms with Crippen molar-refractivity contribution < 1.29 is 19.4 Å². The van der Waals surface area contributed by atoms with Crippen LogP contribution >= 0.6 is 34.8 Å². The van der Waals surface area contributed by atoms with Gasteiger partial charge in [-0.1, -0.05) is 46.9 Å². The van der Waals surface area contributed by atoms with E-state index in [4.69, 9.17) is 39.5 Å². The molecule has 0 aromatic heterocycles. The van der Waals surface area contributed by atoms with Crippen LogP contribution in [0, 0.1) is 11.8 Å². The maximum absolute atomic E-state index is 12.6. The molecule has 7 heteroatoms. The summed E-state index contributed by atoms with van der Waals surface area (Å²) in [4.78, 5) is 24.7. The van der Waals surface area contributed by atoms with Gasteiger partial charge in [-0.15, -0.1) is 0 Å². The minimum absolute atomic E-state index is 0.0672. The van der Waals surface area contributed by atoms with E-state index in [0.717, 1.165) is 0 Å². The van der Waals surface area contributed by atoms with Crippen molar-refractivity contribution in [3.63, 3.8) is 0 Å². The molecule has 1 fully saturated rings. The molecule has 1 N–H and O–H groups in total. The number of carbonyl (C=O) groups is 2. The van der Waals surface area contributed by atoms with Crippen LogP contribution in [0.25, 0.3) is 0 Å². The summed E-state index contributed by atoms with van der Waals surface area (Å²) in [5.41, 5.74) is -0.874. The summed E-state index contributed by atoms with van der Waals surface area (Å²) in [6.45, 7) is 1.82. The Bertz CT molecular complexity index is 652. The number of benzene rings is 1. The molecule has 1 aliphatic rings. The number of ketones is 1. The van der Waals surface area contributed by atoms with Crippen LogP contribution in [0.1, 0.15) is 25.3 Å². The minimum Gasteiger partial charge on any atom is -0.465 e. The van der Waals surface area contributed by atoms with Gasteiger partial charge in [-0.3, -0.25) is 9.59 Å². The van der Waals surface area contributed by atoms with Crippen molar-refractivity contribution in [3.8, 4) is 0 Å². The number of rotatable bonds is 4. The number of ether oxygens (including phenoxy) is 1. The van der Waals surface area contributed by atoms with E-state index in [1.54, 1.807) is 31.2 Å². The number of hydrogen-bond acceptors (Lipinski definition) is 4. The van der Waals surface area contributed by atoms with Crippen LogP contribution in [-0.2, 0) is 19.9 Å². The van der Waals surface area contributed by atoms with Gasteiger partial charge in [0.2, 0.25) is 0 Å². The van der Waals surface area contributed by atoms with Gasteiger partial charge in [-0.05, 0) is 37.1 Å². The zero-order chi connectivity index (χ0) is 17.9. The highest BCUT2D eigenvalue weighted by molar-refractivity contribution is 6.55. The monoisotopic (exact) mass is 390 g/mol. The molecule has 1 aromatic rings. The van der Waals surface area contributed by atoms with Crippen molar-refractivity contribution in [2.75, 3.05) is 6.61 Å². The van der Waals surface area contributed by atoms with E-state index in [1.807, 2.05) is 0 Å². The second-order valence-corrected chi connectivity index (χ2v) is 7.18. The summed E-state index contributed by atoms with van der Waals surface area (Å²) in [7, 11) is 0. The summed E-state index contributed by atoms with van der Waals surface area (Å²) >= 11 is 17.3. The summed E-state index contributed by atoms with van der Waals surface area (Å²) in [5.74, 6) is -2.72. The molecule has 0 heterocycles. The van der Waals surface area contributed by atoms with Crippen LogP contribution in [0.15, 0.2) is 34.8 Å². The van der Waals surface area contributed by atoms with Crippen molar-refractivity contribution >= 4 is 46.6 Å². The largest absolute Gasteiger partial charge is 0.465 e. The first-order valence-electron chi connectivity index (χ1n) is 7.47. The molecule has 2 rings (SSSR count). The van der Waals surface area contributed by atoms with Crippen LogP contribution < -0.4 is 0 Å². The molecular formula is C17H17Cl3O4. The lowest BCUT2D eigenvalue weighted by atomic mass is 9.68. The number of carbonyl (C=O) groups excluding carboxylic acids is 2. The Morgan fingerprint density at radius 1 is 1.38 bits per heavy atom. The zero-order valence-corrected chi connectivity index (χ0v) is 15.2. The van der Waals surface area contributed by atoms with Gasteiger partial charge in [0.05, 0.1) is 12.2 Å². The number of halogens is 3. The van der Waals surface area contributed by atoms with Crippen LogP contribution in [0.2, 0.25) is 5.02 Å². The van der Waals surface area contributed by atoms with Crippen molar-refractivity contribution in [1.29, 1.82) is 0 Å². The van der Waals surface area contributed by atoms with Crippen molar-refractivity contribution in [2.24, 2.45) is 11.8 Å². The highest BCUT2D eigenvalue weighted by atomic mass is 35.5. The lowest BCUT2D eigenvalue weighted by Crippen LogP contribution is -2.45. The molecular weight excluding hydrogens is 375 g/mol. The van der Waals surface area contributed by atoms with Crippen molar-refractivity contribution in [2.45, 2.75) is 25.4 Å². The molecule has 0 saturated heterocycles. The second kappa shape index (κ2) is 7.87. The fourth-order valence-electron chi connectivity index (χ4n) is 3.05. The Kier molecular flexibility index (Phi) is 6.32. The summed E-state index contributed by atoms with van der Waals surface area (Å²) in [6.07, 6.45) is 1.33. The Hall–Kier alpha value is -1.07. The molecule has 1 aliphatic carbocycles. The second-order valence-electron chi connectivity index (χ2n) is 5.74. The normalized spacial score (nSPS) is 26.8. The Morgan fingerprint density at radius 3 is 2.54 bits per heavy atom. The van der Waals surface area contributed by atoms with Gasteiger partial charge in [0, 0.05) is 17.4 Å². The van der Waals surface area contributed by atoms with Gasteiger partial charge in [0.1, 0.15) is 10.4 Å². The van der Waals surface area contributed by atoms with E-state index in [1.165, 1.54) is 6.08 Å². The topological polar surface area (TPSA) is 63.6 Å². The minimum atomic E-state index is -1.42. The smallest absolute Gasteiger partial charge is 0.317 e. The Morgan fingerprint density at radius 2 is 2.00 bits per heavy atom. The first-order chi connectivity index (χ1) is 11.3. The maximum atomic E-state index is 12.6. The molecule has 3 atom stereocenters. The van der Waals surface area contributed by atoms with Crippen molar-refractivity contribution in [3.05, 3.63) is 45.4 Å². The fraction of sp³-hybridized carbons (Fsp3) is 0.412. The van der Waals surface area contributed by atoms with Gasteiger partial charge in [-0.2, -0.15) is 0 Å². The van der Waals surface area contributed by atoms with E-state index >= 15 is 0 Å². The molecule has 24 heavy (non-hydrogen) atoms. The summed E-state index contributed by atoms with van der Waals surface area (Å²) < 4.78 is 4.91. The third kappa shape index (κ3) is 4.31. The standard InChI is InChI=1S/C17H17Cl3O4/c1-2-24-16(22)15-10(7-14(19)20)8-17(23,9-13(15)21)11-3-5-12(18)6-4-11/h3-7,10,15,23H,2,8-9H2,1H3/t10-,15-,17-/m0/s1. The Balaban J connectivity index is 2.37. The molecule has 0 bridgehead atoms. The number of hydrogen-bond donors (Lipinski definition) is 1. The molecule has 0 spiro atoms. The van der Waals surface area contributed by atoms with E-state index < -0.39 is 29.2 Å². The van der Waals surface area contributed by atoms with Gasteiger partial charge < -0.3 is 9.84 Å². The molecule has 0 unspecified atom stereocenters. The van der Waals surface area contributed by atoms with E-state index in [0.29, 0.717) is 10.6 Å². The van der Waals surface area contributed by atoms with Crippen molar-refractivity contribution in [1.82, 2.24) is 0 Å². The SMILES string of the molecule is CCOC(=O)[C@@H]1C(=O)C[C@](O)(c2ccc(Cl)cc2)C[C@@H]1C=C(Cl)Cl. The van der Waals surface area contributed by atoms with Crippen LogP contribution in [0.5, 0.6) is 0 Å². The highest BCUT2D eigenvalue weighted by Gasteiger charge is 2.48. The number of aliphatic hydroxyl groups is 1. The van der Waals surface area contributed by atoms with Gasteiger partial charge in [0.25, 0.3) is 0 Å². The fourth-order valence-corrected chi connectivity index (χ4v) is 3.50. The summed E-state index contributed by atoms with van der Waals surface area (Å²) in [5, 5.41) is 11.5. The average Bonchev–Trinajstić information content (AvgIpc) is 2.46. The summed E-state index contributed by atoms with van der Waals surface area (Å²) in [6, 6.07) is 6.58. The molecule has 0 aliphatic heterocycles. The highest BCUT2D eigenvalue weighted by Crippen LogP contribution is 2.43. The maximum Gasteiger partial charge on any atom is 0.317 e. The first-order valence-corrected chi connectivity index (χ1v) is 8.61. The lowest BCUT2D eigenvalue weighted by Gasteiger charge is -2.38. The molecule has 0 amide bonds. The van der Waals surface area contributed by atoms with E-state index in [9.17, 15) is 14.7 Å². The van der Waals surface area contributed by atoms with Gasteiger partial charge >= 0.3 is 5.97 Å². The molecule has 0 radical (unpaired) electrons. The first kappa shape index (κ1) is 19.3. The van der Waals surface area contributed by atoms with Crippen LogP contribution in [-0.4, -0.2) is 23.5 Å². The predicted octanol–water partition coefficient (Wildman–Crippen LogP) is 4.01. The third-order valence-corrected chi connectivity index (χ3v) is 4.58. The number of allylic oxidation sites excluding steroid dienone is 1. The van der Waals surface area contributed by atoms with Gasteiger partial charge in [-0.25, -0.2) is 0 Å². The molecule has 1 aromatic carbocycles. The van der Waals surface area contributed by atoms with Crippen LogP contribution in [0.4, 0.5) is 0 Å². The molecule has 4 nitrogen and oxygen atoms in total. The number of esters is 1. The number of Topliss-reactive ketones (excluding diaryl/α,β-unsaturated/α-hetero) is 1. The quantitative estimate of drug-likeness (QED) is 0.622. The van der Waals surface area contributed by atoms with E-state index in [-0.39, 0.29) is 23.9 Å². The average molecular weight is 392 g/mol. The molecule has 1 saturated carbocycles. The van der Waals surface area contributed by atoms with Gasteiger partial charge in [0.15, 0.2) is 5.78 Å². The predicted molar refractivity (Wildman–Crippen MR) is 93.0 cm³/mol. The third-order valence-electron chi connectivity index (χ3n) is 4.08. The molecule has 130 valence electrons. The lowest BCUT2D eigenvalue weighted by molar-refractivity contribution is -0.159. The Labute approximate surface area is 155 Å². The van der Waals surface area contributed by atoms with E-state index in [2.05, 4.69) is 0 Å². The zero-order valence-electron chi connectivity index (χ0n) is 13.0. The van der Waals surface area contributed by atoms with Crippen LogP contribution in [0.3, 0.4) is 0 Å².